The van der Waals surface area contributed by atoms with Crippen LogP contribution in [-0.4, -0.2) is 16.8 Å². The highest BCUT2D eigenvalue weighted by molar-refractivity contribution is 7.10. The van der Waals surface area contributed by atoms with Gasteiger partial charge in [0.1, 0.15) is 11.6 Å². The van der Waals surface area contributed by atoms with Crippen molar-refractivity contribution in [1.82, 2.24) is 5.32 Å². The molecule has 2 atom stereocenters. The number of rotatable bonds is 4. The first-order valence-electron chi connectivity index (χ1n) is 11.0. The lowest BCUT2D eigenvalue weighted by molar-refractivity contribution is -0.116. The highest BCUT2D eigenvalue weighted by Gasteiger charge is 2.41. The van der Waals surface area contributed by atoms with Crippen molar-refractivity contribution in [2.45, 2.75) is 31.6 Å². The number of nitrogens with one attached hydrogen (secondary N) is 2. The number of ketones is 1. The van der Waals surface area contributed by atoms with E-state index in [1.807, 2.05) is 18.4 Å². The van der Waals surface area contributed by atoms with Crippen LogP contribution in [-0.2, 0) is 9.59 Å². The van der Waals surface area contributed by atoms with Gasteiger partial charge in [0, 0.05) is 51.4 Å². The average molecular weight is 475 g/mol. The average Bonchev–Trinajstić information content (AvgIpc) is 3.33. The normalized spacial score (nSPS) is 20.1. The molecule has 3 aromatic rings. The van der Waals surface area contributed by atoms with Gasteiger partial charge in [-0.3, -0.25) is 9.59 Å². The summed E-state index contributed by atoms with van der Waals surface area (Å²) in [5.74, 6) is -1.27. The number of halogens is 1. The number of benzene rings is 2. The third-order valence-electron chi connectivity index (χ3n) is 6.33. The van der Waals surface area contributed by atoms with Crippen LogP contribution in [0.15, 0.2) is 88.6 Å². The van der Waals surface area contributed by atoms with Gasteiger partial charge in [-0.15, -0.1) is 11.3 Å². The zero-order chi connectivity index (χ0) is 23.8. The maximum atomic E-state index is 13.7. The summed E-state index contributed by atoms with van der Waals surface area (Å²) in [6, 6.07) is 16.3. The number of amides is 1. The highest BCUT2D eigenvalue weighted by atomic mass is 32.1. The van der Waals surface area contributed by atoms with E-state index in [-0.39, 0.29) is 17.5 Å². The molecule has 2 heterocycles. The van der Waals surface area contributed by atoms with E-state index >= 15 is 0 Å². The van der Waals surface area contributed by atoms with E-state index in [4.69, 9.17) is 0 Å². The quantitative estimate of drug-likeness (QED) is 0.460. The van der Waals surface area contributed by atoms with E-state index in [9.17, 15) is 19.1 Å². The van der Waals surface area contributed by atoms with E-state index < -0.39 is 17.6 Å². The second-order valence-electron chi connectivity index (χ2n) is 8.59. The molecule has 5 rings (SSSR count). The van der Waals surface area contributed by atoms with Crippen molar-refractivity contribution in [3.63, 3.8) is 0 Å². The van der Waals surface area contributed by atoms with Crippen LogP contribution in [0.2, 0.25) is 0 Å². The predicted molar refractivity (Wildman–Crippen MR) is 130 cm³/mol. The number of carbonyl (C=O) groups excluding carboxylic acids is 2. The predicted octanol–water partition coefficient (Wildman–Crippen LogP) is 5.59. The van der Waals surface area contributed by atoms with Gasteiger partial charge in [0.15, 0.2) is 5.78 Å². The molecule has 34 heavy (non-hydrogen) atoms. The lowest BCUT2D eigenvalue weighted by Crippen LogP contribution is -2.37. The number of phenolic OH excluding ortho intramolecular Hbond substituents is 1. The zero-order valence-corrected chi connectivity index (χ0v) is 19.3. The van der Waals surface area contributed by atoms with Gasteiger partial charge in [-0.25, -0.2) is 4.39 Å². The smallest absolute Gasteiger partial charge is 0.254 e. The van der Waals surface area contributed by atoms with Crippen LogP contribution in [0.1, 0.15) is 42.0 Å². The van der Waals surface area contributed by atoms with E-state index in [1.165, 1.54) is 23.1 Å². The maximum absolute atomic E-state index is 13.7. The Bertz CT molecular complexity index is 1330. The summed E-state index contributed by atoms with van der Waals surface area (Å²) in [4.78, 5) is 28.1. The number of dihydropyridines is 1. The summed E-state index contributed by atoms with van der Waals surface area (Å²) in [7, 11) is 0. The SMILES string of the molecule is CC1=C(C(=O)Nc2cccc(F)c2)C(c2ccc(O)cc2)C2=C(CC(c3cccs3)CC2=O)N1. The van der Waals surface area contributed by atoms with Crippen molar-refractivity contribution < 1.29 is 19.1 Å². The van der Waals surface area contributed by atoms with Gasteiger partial charge in [0.25, 0.3) is 5.91 Å². The molecule has 2 aliphatic rings. The number of anilines is 1. The summed E-state index contributed by atoms with van der Waals surface area (Å²) in [5, 5.41) is 17.9. The Morgan fingerprint density at radius 3 is 2.62 bits per heavy atom. The lowest BCUT2D eigenvalue weighted by atomic mass is 9.72. The van der Waals surface area contributed by atoms with Crippen LogP contribution in [0.25, 0.3) is 0 Å². The minimum atomic E-state index is -0.595. The summed E-state index contributed by atoms with van der Waals surface area (Å²) < 4.78 is 13.7. The molecule has 1 amide bonds. The molecule has 0 saturated heterocycles. The second kappa shape index (κ2) is 8.91. The summed E-state index contributed by atoms with van der Waals surface area (Å²) >= 11 is 1.64. The number of hydrogen-bond donors (Lipinski definition) is 3. The fourth-order valence-electron chi connectivity index (χ4n) is 4.83. The molecule has 3 N–H and O–H groups in total. The van der Waals surface area contributed by atoms with Gasteiger partial charge in [0.2, 0.25) is 0 Å². The van der Waals surface area contributed by atoms with Gasteiger partial charge in [0.05, 0.1) is 0 Å². The van der Waals surface area contributed by atoms with Gasteiger partial charge in [-0.1, -0.05) is 24.3 Å². The summed E-state index contributed by atoms with van der Waals surface area (Å²) in [6.07, 6.45) is 1.04. The lowest BCUT2D eigenvalue weighted by Gasteiger charge is -2.36. The molecule has 1 aliphatic carbocycles. The van der Waals surface area contributed by atoms with Gasteiger partial charge in [-0.05, 0) is 60.7 Å². The highest BCUT2D eigenvalue weighted by Crippen LogP contribution is 2.46. The Morgan fingerprint density at radius 1 is 1.12 bits per heavy atom. The minimum absolute atomic E-state index is 0.00576. The molecule has 7 heteroatoms. The molecular formula is C27H23FN2O3S. The molecule has 1 aromatic heterocycles. The van der Waals surface area contributed by atoms with Crippen molar-refractivity contribution in [2.75, 3.05) is 5.32 Å². The Balaban J connectivity index is 1.56. The molecule has 172 valence electrons. The topological polar surface area (TPSA) is 78.4 Å². The maximum Gasteiger partial charge on any atom is 0.254 e. The number of thiophene rings is 1. The first kappa shape index (κ1) is 22.1. The molecule has 2 aromatic carbocycles. The number of Topliss-reactive ketones (excluding diaryl/α,β-unsaturated/α-hetero) is 1. The van der Waals surface area contributed by atoms with Crippen LogP contribution < -0.4 is 10.6 Å². The first-order chi connectivity index (χ1) is 16.4. The number of aromatic hydroxyl groups is 1. The molecule has 0 radical (unpaired) electrons. The molecule has 0 spiro atoms. The number of hydrogen-bond acceptors (Lipinski definition) is 5. The van der Waals surface area contributed by atoms with Crippen LogP contribution in [0.5, 0.6) is 5.75 Å². The molecular weight excluding hydrogens is 451 g/mol. The summed E-state index contributed by atoms with van der Waals surface area (Å²) in [6.45, 7) is 1.82. The van der Waals surface area contributed by atoms with E-state index in [1.54, 1.807) is 41.7 Å². The summed E-state index contributed by atoms with van der Waals surface area (Å²) in [5.41, 5.74) is 3.52. The van der Waals surface area contributed by atoms with Crippen molar-refractivity contribution in [1.29, 1.82) is 0 Å². The van der Waals surface area contributed by atoms with Gasteiger partial charge in [-0.2, -0.15) is 0 Å². The largest absolute Gasteiger partial charge is 0.508 e. The Labute approximate surface area is 200 Å². The Kier molecular flexibility index (Phi) is 5.79. The monoisotopic (exact) mass is 474 g/mol. The Morgan fingerprint density at radius 2 is 1.91 bits per heavy atom. The van der Waals surface area contributed by atoms with Gasteiger partial charge >= 0.3 is 0 Å². The van der Waals surface area contributed by atoms with Gasteiger partial charge < -0.3 is 15.7 Å². The molecule has 2 unspecified atom stereocenters. The third kappa shape index (κ3) is 4.15. The number of allylic oxidation sites excluding steroid dienone is 3. The third-order valence-corrected chi connectivity index (χ3v) is 7.36. The minimum Gasteiger partial charge on any atom is -0.508 e. The second-order valence-corrected chi connectivity index (χ2v) is 9.57. The van der Waals surface area contributed by atoms with Crippen molar-refractivity contribution >= 4 is 28.7 Å². The molecule has 0 saturated carbocycles. The number of phenols is 1. The molecule has 0 fully saturated rings. The fraction of sp³-hybridized carbons (Fsp3) is 0.185. The molecule has 5 nitrogen and oxygen atoms in total. The zero-order valence-electron chi connectivity index (χ0n) is 18.5. The van der Waals surface area contributed by atoms with Crippen LogP contribution >= 0.6 is 11.3 Å². The number of carbonyl (C=O) groups is 2. The van der Waals surface area contributed by atoms with E-state index in [0.717, 1.165) is 11.3 Å². The standard InChI is InChI=1S/C27H23FN2O3S/c1-15-24(27(33)30-19-5-2-4-18(28)14-19)25(16-7-9-20(31)10-8-16)26-21(29-15)12-17(13-22(26)32)23-6-3-11-34-23/h2-11,14,17,25,29,31H,12-13H2,1H3,(H,30,33). The van der Waals surface area contributed by atoms with Crippen molar-refractivity contribution in [2.24, 2.45) is 0 Å². The van der Waals surface area contributed by atoms with E-state index in [2.05, 4.69) is 16.7 Å². The van der Waals surface area contributed by atoms with Crippen LogP contribution in [0, 0.1) is 5.82 Å². The van der Waals surface area contributed by atoms with Crippen LogP contribution in [0.3, 0.4) is 0 Å². The Hall–Kier alpha value is -3.71. The molecule has 0 bridgehead atoms. The van der Waals surface area contributed by atoms with E-state index in [0.29, 0.717) is 35.4 Å². The molecule has 1 aliphatic heterocycles. The fourth-order valence-corrected chi connectivity index (χ4v) is 5.66. The van der Waals surface area contributed by atoms with Crippen LogP contribution in [0.4, 0.5) is 10.1 Å². The van der Waals surface area contributed by atoms with Crippen molar-refractivity contribution in [3.8, 4) is 5.75 Å². The van der Waals surface area contributed by atoms with Crippen molar-refractivity contribution in [3.05, 3.63) is 105 Å². The first-order valence-corrected chi connectivity index (χ1v) is 11.9.